The first kappa shape index (κ1) is 23.0. The van der Waals surface area contributed by atoms with Crippen molar-refractivity contribution in [3.05, 3.63) is 89.2 Å². The number of nitrogens with zero attached hydrogens (tertiary/aromatic N) is 5. The highest BCUT2D eigenvalue weighted by Crippen LogP contribution is 2.37. The fourth-order valence-electron chi connectivity index (χ4n) is 5.96. The van der Waals surface area contributed by atoms with E-state index in [2.05, 4.69) is 39.0 Å². The fourth-order valence-corrected chi connectivity index (χ4v) is 5.96. The summed E-state index contributed by atoms with van der Waals surface area (Å²) in [6.07, 6.45) is 3.80. The van der Waals surface area contributed by atoms with Gasteiger partial charge in [0.25, 0.3) is 5.95 Å². The molecule has 1 saturated heterocycles. The summed E-state index contributed by atoms with van der Waals surface area (Å²) in [7, 11) is 0. The minimum absolute atomic E-state index is 0.437. The molecule has 1 aliphatic heterocycles. The monoisotopic (exact) mass is 505 g/mol. The average molecular weight is 506 g/mol. The van der Waals surface area contributed by atoms with Crippen LogP contribution in [0, 0.1) is 6.92 Å². The van der Waals surface area contributed by atoms with Gasteiger partial charge in [0, 0.05) is 47.4 Å². The van der Waals surface area contributed by atoms with Gasteiger partial charge in [-0.25, -0.2) is 4.52 Å². The van der Waals surface area contributed by atoms with Gasteiger partial charge in [0.15, 0.2) is 5.82 Å². The Hall–Kier alpha value is -4.17. The number of nitrogens with two attached hydrogens (primary N) is 1. The maximum Gasteiger partial charge on any atom is 0.254 e. The molecule has 5 aromatic rings. The van der Waals surface area contributed by atoms with Gasteiger partial charge in [-0.05, 0) is 68.6 Å². The average Bonchev–Trinajstić information content (AvgIpc) is 3.34. The van der Waals surface area contributed by atoms with Gasteiger partial charge in [-0.3, -0.25) is 14.3 Å². The molecular formula is C30H31N7O. The highest BCUT2D eigenvalue weighted by atomic mass is 16.1. The van der Waals surface area contributed by atoms with Crippen molar-refractivity contribution in [2.24, 2.45) is 5.73 Å². The number of carbonyl (C=O) groups excluding carboxylic acids is 1. The second kappa shape index (κ2) is 8.99. The van der Waals surface area contributed by atoms with Crippen LogP contribution in [0.15, 0.2) is 66.7 Å². The maximum absolute atomic E-state index is 12.1. The Balaban J connectivity index is 1.36. The molecule has 1 atom stereocenters. The van der Waals surface area contributed by atoms with E-state index in [1.54, 1.807) is 6.07 Å². The number of hydrogen-bond donors (Lipinski definition) is 2. The zero-order chi connectivity index (χ0) is 25.8. The molecule has 0 bridgehead atoms. The molecule has 3 aromatic heterocycles. The number of hydrogen-bond acceptors (Lipinski definition) is 5. The first-order valence-electron chi connectivity index (χ1n) is 13.4. The largest absolute Gasteiger partial charge is 0.366 e. The number of aryl methyl sites for hydroxylation is 1. The SMILES string of the molecule is Cc1cc2c(C(N)=O)cccc2n1-c1nc(NCc2ccccc2)c2ccc(C3CCN(C4CC4)C3)n2n1. The van der Waals surface area contributed by atoms with Crippen LogP contribution in [0.2, 0.25) is 0 Å². The maximum atomic E-state index is 12.1. The number of fused-ring (bicyclic) bond motifs is 2. The van der Waals surface area contributed by atoms with Crippen LogP contribution < -0.4 is 11.1 Å². The third kappa shape index (κ3) is 3.92. The van der Waals surface area contributed by atoms with Gasteiger partial charge in [-0.15, -0.1) is 5.10 Å². The van der Waals surface area contributed by atoms with Crippen LogP contribution in [0.3, 0.4) is 0 Å². The van der Waals surface area contributed by atoms with Gasteiger partial charge < -0.3 is 11.1 Å². The molecule has 1 aliphatic carbocycles. The predicted molar refractivity (Wildman–Crippen MR) is 149 cm³/mol. The smallest absolute Gasteiger partial charge is 0.254 e. The Labute approximate surface area is 221 Å². The molecule has 8 heteroatoms. The van der Waals surface area contributed by atoms with Gasteiger partial charge >= 0.3 is 0 Å². The van der Waals surface area contributed by atoms with Crippen molar-refractivity contribution in [2.75, 3.05) is 18.4 Å². The zero-order valence-electron chi connectivity index (χ0n) is 21.5. The summed E-state index contributed by atoms with van der Waals surface area (Å²) < 4.78 is 4.10. The van der Waals surface area contributed by atoms with E-state index in [1.807, 2.05) is 47.9 Å². The first-order chi connectivity index (χ1) is 18.6. The minimum Gasteiger partial charge on any atom is -0.366 e. The van der Waals surface area contributed by atoms with Crippen molar-refractivity contribution in [3.63, 3.8) is 0 Å². The van der Waals surface area contributed by atoms with Crippen molar-refractivity contribution < 1.29 is 4.79 Å². The number of anilines is 1. The predicted octanol–water partition coefficient (Wildman–Crippen LogP) is 4.64. The first-order valence-corrected chi connectivity index (χ1v) is 13.4. The van der Waals surface area contributed by atoms with Crippen LogP contribution in [0.25, 0.3) is 22.4 Å². The van der Waals surface area contributed by atoms with Crippen molar-refractivity contribution in [3.8, 4) is 5.95 Å². The van der Waals surface area contributed by atoms with E-state index in [4.69, 9.17) is 15.8 Å². The molecule has 7 rings (SSSR count). The molecular weight excluding hydrogens is 474 g/mol. The van der Waals surface area contributed by atoms with E-state index < -0.39 is 5.91 Å². The summed E-state index contributed by atoms with van der Waals surface area (Å²) in [5.74, 6) is 1.35. The fraction of sp³-hybridized carbons (Fsp3) is 0.300. The lowest BCUT2D eigenvalue weighted by atomic mass is 10.1. The van der Waals surface area contributed by atoms with E-state index in [0.717, 1.165) is 53.5 Å². The van der Waals surface area contributed by atoms with E-state index in [9.17, 15) is 4.79 Å². The second-order valence-corrected chi connectivity index (χ2v) is 10.6. The topological polar surface area (TPSA) is 93.5 Å². The quantitative estimate of drug-likeness (QED) is 0.336. The summed E-state index contributed by atoms with van der Waals surface area (Å²) in [6.45, 7) is 4.90. The molecule has 2 aliphatic rings. The van der Waals surface area contributed by atoms with Crippen LogP contribution in [0.5, 0.6) is 0 Å². The number of amides is 1. The van der Waals surface area contributed by atoms with Crippen LogP contribution >= 0.6 is 0 Å². The van der Waals surface area contributed by atoms with E-state index in [1.165, 1.54) is 24.1 Å². The Morgan fingerprint density at radius 3 is 2.66 bits per heavy atom. The molecule has 2 aromatic carbocycles. The van der Waals surface area contributed by atoms with Gasteiger partial charge in [0.1, 0.15) is 5.52 Å². The van der Waals surface area contributed by atoms with Crippen LogP contribution in [0.4, 0.5) is 5.82 Å². The third-order valence-corrected chi connectivity index (χ3v) is 8.03. The summed E-state index contributed by atoms with van der Waals surface area (Å²) in [6, 6.07) is 23.1. The molecule has 0 spiro atoms. The van der Waals surface area contributed by atoms with Gasteiger partial charge in [0.05, 0.1) is 5.52 Å². The molecule has 2 fully saturated rings. The molecule has 8 nitrogen and oxygen atoms in total. The Morgan fingerprint density at radius 1 is 1.03 bits per heavy atom. The Bertz CT molecular complexity index is 1660. The molecule has 38 heavy (non-hydrogen) atoms. The molecule has 1 unspecified atom stereocenters. The van der Waals surface area contributed by atoms with E-state index >= 15 is 0 Å². The molecule has 3 N–H and O–H groups in total. The second-order valence-electron chi connectivity index (χ2n) is 10.6. The number of primary amides is 1. The zero-order valence-corrected chi connectivity index (χ0v) is 21.5. The number of rotatable bonds is 7. The molecule has 192 valence electrons. The lowest BCUT2D eigenvalue weighted by Gasteiger charge is -2.16. The summed E-state index contributed by atoms with van der Waals surface area (Å²) in [5, 5.41) is 9.49. The van der Waals surface area contributed by atoms with Crippen molar-refractivity contribution >= 4 is 28.1 Å². The van der Waals surface area contributed by atoms with Crippen molar-refractivity contribution in [1.29, 1.82) is 0 Å². The van der Waals surface area contributed by atoms with Crippen LogP contribution in [0.1, 0.15) is 52.5 Å². The molecule has 1 amide bonds. The standard InChI is InChI=1S/C30H31N7O/c1-19-16-24-23(28(31)38)8-5-9-26(24)36(19)30-33-29(32-17-20-6-3-2-4-7-20)27-13-12-25(37(27)34-30)21-14-15-35(18-21)22-10-11-22/h2-9,12-13,16,21-22H,10-11,14-15,17-18H2,1H3,(H2,31,38)(H,32,33,34). The third-order valence-electron chi connectivity index (χ3n) is 8.03. The molecule has 1 saturated carbocycles. The van der Waals surface area contributed by atoms with Crippen LogP contribution in [-0.4, -0.2) is 49.1 Å². The highest BCUT2D eigenvalue weighted by Gasteiger charge is 2.36. The normalized spacial score (nSPS) is 18.0. The van der Waals surface area contributed by atoms with Gasteiger partial charge in [0.2, 0.25) is 5.91 Å². The lowest BCUT2D eigenvalue weighted by Crippen LogP contribution is -2.22. The number of likely N-dealkylation sites (tertiary alicyclic amines) is 1. The van der Waals surface area contributed by atoms with E-state index in [0.29, 0.717) is 24.0 Å². The van der Waals surface area contributed by atoms with Gasteiger partial charge in [-0.1, -0.05) is 36.4 Å². The Kier molecular flexibility index (Phi) is 5.44. The Morgan fingerprint density at radius 2 is 1.87 bits per heavy atom. The van der Waals surface area contributed by atoms with Crippen molar-refractivity contribution in [2.45, 2.75) is 44.7 Å². The summed E-state index contributed by atoms with van der Waals surface area (Å²) >= 11 is 0. The molecule has 4 heterocycles. The minimum atomic E-state index is -0.441. The number of carbonyl (C=O) groups is 1. The highest BCUT2D eigenvalue weighted by molar-refractivity contribution is 6.06. The van der Waals surface area contributed by atoms with Crippen molar-refractivity contribution in [1.82, 2.24) is 24.1 Å². The van der Waals surface area contributed by atoms with Gasteiger partial charge in [-0.2, -0.15) is 4.98 Å². The molecule has 0 radical (unpaired) electrons. The number of benzene rings is 2. The number of nitrogens with one attached hydrogen (secondary N) is 1. The number of aromatic nitrogens is 4. The lowest BCUT2D eigenvalue weighted by molar-refractivity contribution is 0.100. The summed E-state index contributed by atoms with van der Waals surface area (Å²) in [4.78, 5) is 19.8. The van der Waals surface area contributed by atoms with E-state index in [-0.39, 0.29) is 0 Å². The van der Waals surface area contributed by atoms with Crippen LogP contribution in [-0.2, 0) is 6.54 Å². The summed E-state index contributed by atoms with van der Waals surface area (Å²) in [5.41, 5.74) is 11.4.